The number of aliphatic hydroxyl groups excluding tert-OH is 1. The minimum atomic E-state index is -0.472. The zero-order valence-electron chi connectivity index (χ0n) is 7.96. The van der Waals surface area contributed by atoms with Gasteiger partial charge in [-0.25, -0.2) is 4.79 Å². The van der Waals surface area contributed by atoms with Gasteiger partial charge in [0, 0.05) is 5.69 Å². The van der Waals surface area contributed by atoms with Crippen LogP contribution in [0.25, 0.3) is 0 Å². The lowest BCUT2D eigenvalue weighted by Crippen LogP contribution is -2.25. The van der Waals surface area contributed by atoms with E-state index in [0.717, 1.165) is 0 Å². The molecule has 15 heavy (non-hydrogen) atoms. The van der Waals surface area contributed by atoms with E-state index >= 15 is 0 Å². The third kappa shape index (κ3) is 1.87. The highest BCUT2D eigenvalue weighted by Gasteiger charge is 2.31. The molecule has 0 aromatic heterocycles. The van der Waals surface area contributed by atoms with Crippen LogP contribution < -0.4 is 4.90 Å². The van der Waals surface area contributed by atoms with Crippen LogP contribution in [-0.2, 0) is 4.74 Å². The zero-order chi connectivity index (χ0) is 10.8. The number of phenols is 1. The average Bonchev–Trinajstić information content (AvgIpc) is 2.61. The lowest BCUT2D eigenvalue weighted by atomic mass is 10.2. The molecule has 1 aliphatic heterocycles. The maximum atomic E-state index is 11.4. The number of anilines is 1. The highest BCUT2D eigenvalue weighted by molar-refractivity contribution is 5.89. The second-order valence-corrected chi connectivity index (χ2v) is 3.32. The number of hydrogen-bond donors (Lipinski definition) is 2. The smallest absolute Gasteiger partial charge is 0.414 e. The van der Waals surface area contributed by atoms with Crippen molar-refractivity contribution in [3.05, 3.63) is 24.3 Å². The molecule has 1 amide bonds. The first-order chi connectivity index (χ1) is 7.20. The second-order valence-electron chi connectivity index (χ2n) is 3.32. The molecule has 1 fully saturated rings. The number of amides is 1. The van der Waals surface area contributed by atoms with Crippen LogP contribution in [0.4, 0.5) is 10.5 Å². The number of cyclic esters (lactones) is 1. The highest BCUT2D eigenvalue weighted by atomic mass is 16.6. The summed E-state index contributed by atoms with van der Waals surface area (Å²) >= 11 is 0. The Morgan fingerprint density at radius 1 is 1.40 bits per heavy atom. The molecule has 2 rings (SSSR count). The van der Waals surface area contributed by atoms with Crippen molar-refractivity contribution >= 4 is 11.8 Å². The van der Waals surface area contributed by atoms with Crippen LogP contribution in [0, 0.1) is 0 Å². The standard InChI is InChI=1S/C10H11NO4/c12-6-9-5-11(10(14)15-9)7-1-3-8(13)4-2-7/h1-4,9,12-13H,5-6H2/t9-/m1/s1. The van der Waals surface area contributed by atoms with Crippen LogP contribution in [0.1, 0.15) is 0 Å². The minimum Gasteiger partial charge on any atom is -0.508 e. The molecular formula is C10H11NO4. The van der Waals surface area contributed by atoms with E-state index in [1.807, 2.05) is 0 Å². The van der Waals surface area contributed by atoms with Crippen molar-refractivity contribution in [3.63, 3.8) is 0 Å². The van der Waals surface area contributed by atoms with Crippen molar-refractivity contribution in [2.75, 3.05) is 18.1 Å². The summed E-state index contributed by atoms with van der Waals surface area (Å²) in [4.78, 5) is 12.8. The van der Waals surface area contributed by atoms with Gasteiger partial charge in [0.05, 0.1) is 13.2 Å². The summed E-state index contributed by atoms with van der Waals surface area (Å²) in [6, 6.07) is 6.23. The van der Waals surface area contributed by atoms with Crippen LogP contribution in [-0.4, -0.2) is 35.6 Å². The quantitative estimate of drug-likeness (QED) is 0.752. The van der Waals surface area contributed by atoms with E-state index in [9.17, 15) is 4.79 Å². The second kappa shape index (κ2) is 3.78. The van der Waals surface area contributed by atoms with Crippen molar-refractivity contribution in [2.45, 2.75) is 6.10 Å². The molecule has 0 unspecified atom stereocenters. The minimum absolute atomic E-state index is 0.144. The molecule has 0 spiro atoms. The first-order valence-corrected chi connectivity index (χ1v) is 4.59. The number of benzene rings is 1. The Bertz CT molecular complexity index is 362. The molecule has 0 bridgehead atoms. The van der Waals surface area contributed by atoms with Crippen LogP contribution in [0.5, 0.6) is 5.75 Å². The lowest BCUT2D eigenvalue weighted by molar-refractivity contribution is 0.0963. The number of nitrogens with zero attached hydrogens (tertiary/aromatic N) is 1. The van der Waals surface area contributed by atoms with Crippen molar-refractivity contribution in [3.8, 4) is 5.75 Å². The van der Waals surface area contributed by atoms with Gasteiger partial charge in [0.25, 0.3) is 0 Å². The third-order valence-corrected chi connectivity index (χ3v) is 2.24. The van der Waals surface area contributed by atoms with E-state index in [4.69, 9.17) is 14.9 Å². The fourth-order valence-electron chi connectivity index (χ4n) is 1.46. The fourth-order valence-corrected chi connectivity index (χ4v) is 1.46. The van der Waals surface area contributed by atoms with Crippen molar-refractivity contribution < 1.29 is 19.7 Å². The van der Waals surface area contributed by atoms with Crippen LogP contribution in [0.15, 0.2) is 24.3 Å². The summed E-state index contributed by atoms with van der Waals surface area (Å²) in [5.74, 6) is 0.144. The summed E-state index contributed by atoms with van der Waals surface area (Å²) in [7, 11) is 0. The molecule has 0 saturated carbocycles. The van der Waals surface area contributed by atoms with Crippen molar-refractivity contribution in [1.82, 2.24) is 0 Å². The number of aliphatic hydroxyl groups is 1. The van der Waals surface area contributed by atoms with Gasteiger partial charge in [0.2, 0.25) is 0 Å². The number of phenolic OH excluding ortho intramolecular Hbond substituents is 1. The Morgan fingerprint density at radius 2 is 2.07 bits per heavy atom. The molecule has 1 aromatic rings. The summed E-state index contributed by atoms with van der Waals surface area (Å²) in [5, 5.41) is 17.9. The van der Waals surface area contributed by atoms with E-state index in [-0.39, 0.29) is 12.4 Å². The van der Waals surface area contributed by atoms with Gasteiger partial charge >= 0.3 is 6.09 Å². The van der Waals surface area contributed by atoms with Gasteiger partial charge in [-0.1, -0.05) is 0 Å². The van der Waals surface area contributed by atoms with Gasteiger partial charge in [-0.2, -0.15) is 0 Å². The monoisotopic (exact) mass is 209 g/mol. The van der Waals surface area contributed by atoms with Gasteiger partial charge in [-0.15, -0.1) is 0 Å². The first-order valence-electron chi connectivity index (χ1n) is 4.59. The van der Waals surface area contributed by atoms with Gasteiger partial charge in [0.1, 0.15) is 11.9 Å². The lowest BCUT2D eigenvalue weighted by Gasteiger charge is -2.12. The van der Waals surface area contributed by atoms with Gasteiger partial charge in [-0.05, 0) is 24.3 Å². The summed E-state index contributed by atoms with van der Waals surface area (Å²) in [6.07, 6.45) is -0.939. The molecule has 1 atom stereocenters. The summed E-state index contributed by atoms with van der Waals surface area (Å²) < 4.78 is 4.88. The van der Waals surface area contributed by atoms with E-state index in [1.54, 1.807) is 12.1 Å². The van der Waals surface area contributed by atoms with E-state index < -0.39 is 12.2 Å². The van der Waals surface area contributed by atoms with Gasteiger partial charge in [-0.3, -0.25) is 4.90 Å². The Labute approximate surface area is 86.5 Å². The van der Waals surface area contributed by atoms with Crippen LogP contribution in [0.2, 0.25) is 0 Å². The Hall–Kier alpha value is -1.75. The predicted octanol–water partition coefficient (Wildman–Crippen LogP) is 0.710. The molecule has 80 valence electrons. The molecular weight excluding hydrogens is 198 g/mol. The molecule has 1 aliphatic rings. The molecule has 0 radical (unpaired) electrons. The molecule has 1 heterocycles. The molecule has 1 aromatic carbocycles. The Morgan fingerprint density at radius 3 is 2.60 bits per heavy atom. The van der Waals surface area contributed by atoms with Gasteiger partial charge < -0.3 is 14.9 Å². The number of carbonyl (C=O) groups is 1. The normalized spacial score (nSPS) is 20.5. The summed E-state index contributed by atoms with van der Waals surface area (Å²) in [6.45, 7) is 0.153. The van der Waals surface area contributed by atoms with Crippen molar-refractivity contribution in [2.24, 2.45) is 0 Å². The molecule has 1 saturated heterocycles. The van der Waals surface area contributed by atoms with Crippen molar-refractivity contribution in [1.29, 1.82) is 0 Å². The Kier molecular flexibility index (Phi) is 2.47. The number of aromatic hydroxyl groups is 1. The topological polar surface area (TPSA) is 70.0 Å². The van der Waals surface area contributed by atoms with E-state index in [0.29, 0.717) is 12.2 Å². The molecule has 2 N–H and O–H groups in total. The van der Waals surface area contributed by atoms with E-state index in [1.165, 1.54) is 17.0 Å². The SMILES string of the molecule is O=C1O[C@@H](CO)CN1c1ccc(O)cc1. The molecule has 5 nitrogen and oxygen atoms in total. The van der Waals surface area contributed by atoms with Crippen LogP contribution in [0.3, 0.4) is 0 Å². The van der Waals surface area contributed by atoms with Gasteiger partial charge in [0.15, 0.2) is 0 Å². The molecule has 5 heteroatoms. The third-order valence-electron chi connectivity index (χ3n) is 2.24. The fraction of sp³-hybridized carbons (Fsp3) is 0.300. The number of hydrogen-bond acceptors (Lipinski definition) is 4. The van der Waals surface area contributed by atoms with Crippen LogP contribution >= 0.6 is 0 Å². The number of rotatable bonds is 2. The summed E-state index contributed by atoms with van der Waals surface area (Å²) in [5.41, 5.74) is 0.647. The predicted molar refractivity (Wildman–Crippen MR) is 52.8 cm³/mol. The maximum Gasteiger partial charge on any atom is 0.414 e. The Balaban J connectivity index is 2.18. The first kappa shape index (κ1) is 9.79. The average molecular weight is 209 g/mol. The number of carbonyl (C=O) groups excluding carboxylic acids is 1. The molecule has 0 aliphatic carbocycles. The largest absolute Gasteiger partial charge is 0.508 e. The van der Waals surface area contributed by atoms with E-state index in [2.05, 4.69) is 0 Å². The zero-order valence-corrected chi connectivity index (χ0v) is 7.96. The maximum absolute atomic E-state index is 11.4. The number of ether oxygens (including phenoxy) is 1. The highest BCUT2D eigenvalue weighted by Crippen LogP contribution is 2.23.